The van der Waals surface area contributed by atoms with Gasteiger partial charge in [-0.05, 0) is 30.2 Å². The monoisotopic (exact) mass is 387 g/mol. The standard InChI is InChI=1S/C22H21N5O2/c1-2-11-27-19(23)16(21(28)24-14-15-8-4-3-5-9-15)13-17-20(27)25-18-10-6-7-12-26(18)22(17)29/h3-10,12-13,23H,2,11,14H2,1H3,(H,24,28). The third-order valence-electron chi connectivity index (χ3n) is 4.81. The molecule has 3 aromatic heterocycles. The van der Waals surface area contributed by atoms with E-state index in [2.05, 4.69) is 10.3 Å². The van der Waals surface area contributed by atoms with Gasteiger partial charge in [0.05, 0.1) is 10.9 Å². The molecule has 2 N–H and O–H groups in total. The number of pyridine rings is 2. The van der Waals surface area contributed by atoms with Crippen LogP contribution in [0.25, 0.3) is 16.7 Å². The van der Waals surface area contributed by atoms with Gasteiger partial charge in [-0.2, -0.15) is 0 Å². The summed E-state index contributed by atoms with van der Waals surface area (Å²) in [4.78, 5) is 30.5. The van der Waals surface area contributed by atoms with Crippen molar-refractivity contribution in [3.05, 3.63) is 87.8 Å². The van der Waals surface area contributed by atoms with Crippen molar-refractivity contribution in [2.24, 2.45) is 0 Å². The highest BCUT2D eigenvalue weighted by atomic mass is 16.1. The first-order valence-corrected chi connectivity index (χ1v) is 9.52. The van der Waals surface area contributed by atoms with Crippen LogP contribution < -0.4 is 16.4 Å². The Morgan fingerprint density at radius 2 is 1.90 bits per heavy atom. The predicted molar refractivity (Wildman–Crippen MR) is 111 cm³/mol. The molecule has 29 heavy (non-hydrogen) atoms. The average molecular weight is 387 g/mol. The molecule has 0 spiro atoms. The Morgan fingerprint density at radius 1 is 1.14 bits per heavy atom. The van der Waals surface area contributed by atoms with Crippen molar-refractivity contribution in [2.45, 2.75) is 26.4 Å². The van der Waals surface area contributed by atoms with Crippen LogP contribution in [0.15, 0.2) is 65.6 Å². The van der Waals surface area contributed by atoms with Gasteiger partial charge in [0.15, 0.2) is 0 Å². The summed E-state index contributed by atoms with van der Waals surface area (Å²) in [7, 11) is 0. The van der Waals surface area contributed by atoms with Crippen LogP contribution in [0.5, 0.6) is 0 Å². The van der Waals surface area contributed by atoms with Gasteiger partial charge in [-0.1, -0.05) is 43.3 Å². The first-order chi connectivity index (χ1) is 14.1. The van der Waals surface area contributed by atoms with E-state index in [4.69, 9.17) is 5.41 Å². The topological polar surface area (TPSA) is 92.2 Å². The quantitative estimate of drug-likeness (QED) is 0.515. The second-order valence-corrected chi connectivity index (χ2v) is 6.81. The van der Waals surface area contributed by atoms with Crippen molar-refractivity contribution in [3.63, 3.8) is 0 Å². The first kappa shape index (κ1) is 18.6. The number of carbonyl (C=O) groups excluding carboxylic acids is 1. The number of carbonyl (C=O) groups is 1. The number of rotatable bonds is 5. The normalized spacial score (nSPS) is 11.1. The second kappa shape index (κ2) is 7.71. The SMILES string of the molecule is CCCn1c(=N)c(C(=O)NCc2ccccc2)cc2c(=O)n3ccccc3nc21. The van der Waals surface area contributed by atoms with Gasteiger partial charge in [0.1, 0.15) is 16.8 Å². The molecule has 1 aromatic carbocycles. The fourth-order valence-electron chi connectivity index (χ4n) is 3.37. The molecule has 0 bridgehead atoms. The van der Waals surface area contributed by atoms with Crippen LogP contribution in [0.3, 0.4) is 0 Å². The van der Waals surface area contributed by atoms with Gasteiger partial charge in [0.25, 0.3) is 11.5 Å². The summed E-state index contributed by atoms with van der Waals surface area (Å²) in [6, 6.07) is 16.4. The Labute approximate surface area is 166 Å². The largest absolute Gasteiger partial charge is 0.348 e. The predicted octanol–water partition coefficient (Wildman–Crippen LogP) is 2.47. The first-order valence-electron chi connectivity index (χ1n) is 9.52. The van der Waals surface area contributed by atoms with Crippen molar-refractivity contribution in [3.8, 4) is 0 Å². The van der Waals surface area contributed by atoms with Crippen molar-refractivity contribution >= 4 is 22.6 Å². The zero-order valence-electron chi connectivity index (χ0n) is 16.1. The van der Waals surface area contributed by atoms with Crippen molar-refractivity contribution in [2.75, 3.05) is 0 Å². The number of hydrogen-bond donors (Lipinski definition) is 2. The Balaban J connectivity index is 1.86. The van der Waals surface area contributed by atoms with E-state index in [0.29, 0.717) is 29.8 Å². The van der Waals surface area contributed by atoms with E-state index in [1.807, 2.05) is 43.3 Å². The molecule has 4 aromatic rings. The van der Waals surface area contributed by atoms with Gasteiger partial charge in [0, 0.05) is 19.3 Å². The lowest BCUT2D eigenvalue weighted by atomic mass is 10.1. The highest BCUT2D eigenvalue weighted by Crippen LogP contribution is 2.11. The molecule has 0 fully saturated rings. The fourth-order valence-corrected chi connectivity index (χ4v) is 3.37. The molecule has 0 saturated carbocycles. The van der Waals surface area contributed by atoms with E-state index >= 15 is 0 Å². The lowest BCUT2D eigenvalue weighted by Crippen LogP contribution is -2.34. The number of aromatic nitrogens is 3. The van der Waals surface area contributed by atoms with E-state index in [1.54, 1.807) is 22.9 Å². The summed E-state index contributed by atoms with van der Waals surface area (Å²) in [6.45, 7) is 2.82. The number of benzene rings is 1. The molecule has 146 valence electrons. The number of fused-ring (bicyclic) bond motifs is 2. The van der Waals surface area contributed by atoms with Crippen LogP contribution in [-0.4, -0.2) is 19.9 Å². The summed E-state index contributed by atoms with van der Waals surface area (Å²) in [5.74, 6) is -0.386. The number of amides is 1. The van der Waals surface area contributed by atoms with Crippen molar-refractivity contribution < 1.29 is 4.79 Å². The highest BCUT2D eigenvalue weighted by molar-refractivity contribution is 5.96. The van der Waals surface area contributed by atoms with E-state index < -0.39 is 0 Å². The molecule has 7 heteroatoms. The van der Waals surface area contributed by atoms with Gasteiger partial charge >= 0.3 is 0 Å². The summed E-state index contributed by atoms with van der Waals surface area (Å²) in [5, 5.41) is 11.7. The summed E-state index contributed by atoms with van der Waals surface area (Å²) in [6.07, 6.45) is 2.40. The van der Waals surface area contributed by atoms with Crippen molar-refractivity contribution in [1.82, 2.24) is 19.3 Å². The van der Waals surface area contributed by atoms with Crippen LogP contribution in [0.1, 0.15) is 29.3 Å². The highest BCUT2D eigenvalue weighted by Gasteiger charge is 2.17. The van der Waals surface area contributed by atoms with Crippen LogP contribution in [0, 0.1) is 5.41 Å². The van der Waals surface area contributed by atoms with Crippen LogP contribution >= 0.6 is 0 Å². The summed E-state index contributed by atoms with van der Waals surface area (Å²) < 4.78 is 3.09. The maximum Gasteiger partial charge on any atom is 0.267 e. The minimum Gasteiger partial charge on any atom is -0.348 e. The Morgan fingerprint density at radius 3 is 2.66 bits per heavy atom. The fraction of sp³-hybridized carbons (Fsp3) is 0.182. The van der Waals surface area contributed by atoms with E-state index in [1.165, 1.54) is 10.5 Å². The molecule has 7 nitrogen and oxygen atoms in total. The van der Waals surface area contributed by atoms with Crippen LogP contribution in [0.2, 0.25) is 0 Å². The lowest BCUT2D eigenvalue weighted by molar-refractivity contribution is 0.0948. The molecular weight excluding hydrogens is 366 g/mol. The van der Waals surface area contributed by atoms with E-state index in [0.717, 1.165) is 12.0 Å². The van der Waals surface area contributed by atoms with E-state index in [-0.39, 0.29) is 22.5 Å². The third kappa shape index (κ3) is 3.42. The maximum absolute atomic E-state index is 13.0. The molecule has 0 aliphatic rings. The Kier molecular flexibility index (Phi) is 4.95. The molecule has 0 saturated heterocycles. The number of nitrogens with zero attached hydrogens (tertiary/aromatic N) is 3. The van der Waals surface area contributed by atoms with E-state index in [9.17, 15) is 9.59 Å². The Bertz CT molecular complexity index is 1320. The second-order valence-electron chi connectivity index (χ2n) is 6.81. The summed E-state index contributed by atoms with van der Waals surface area (Å²) >= 11 is 0. The van der Waals surface area contributed by atoms with Crippen LogP contribution in [0.4, 0.5) is 0 Å². The maximum atomic E-state index is 13.0. The average Bonchev–Trinajstić information content (AvgIpc) is 2.75. The molecule has 0 radical (unpaired) electrons. The third-order valence-corrected chi connectivity index (χ3v) is 4.81. The summed E-state index contributed by atoms with van der Waals surface area (Å²) in [5.41, 5.74) is 1.85. The molecular formula is C22H21N5O2. The van der Waals surface area contributed by atoms with Gasteiger partial charge in [-0.25, -0.2) is 4.98 Å². The number of aryl methyl sites for hydroxylation is 1. The smallest absolute Gasteiger partial charge is 0.267 e. The van der Waals surface area contributed by atoms with Gasteiger partial charge in [-0.3, -0.25) is 19.4 Å². The zero-order valence-corrected chi connectivity index (χ0v) is 16.1. The molecule has 3 heterocycles. The lowest BCUT2D eigenvalue weighted by Gasteiger charge is -2.14. The molecule has 1 amide bonds. The number of hydrogen-bond acceptors (Lipinski definition) is 4. The Hall–Kier alpha value is -3.74. The minimum atomic E-state index is -0.386. The molecule has 0 aliphatic heterocycles. The van der Waals surface area contributed by atoms with Gasteiger partial charge in [-0.15, -0.1) is 0 Å². The van der Waals surface area contributed by atoms with Crippen LogP contribution in [-0.2, 0) is 13.1 Å². The zero-order chi connectivity index (χ0) is 20.4. The van der Waals surface area contributed by atoms with Gasteiger partial charge in [0.2, 0.25) is 0 Å². The number of nitrogens with one attached hydrogen (secondary N) is 2. The van der Waals surface area contributed by atoms with Crippen molar-refractivity contribution in [1.29, 1.82) is 5.41 Å². The van der Waals surface area contributed by atoms with Gasteiger partial charge < -0.3 is 9.88 Å². The minimum absolute atomic E-state index is 0.0529. The molecule has 4 rings (SSSR count). The molecule has 0 aliphatic carbocycles. The molecule has 0 atom stereocenters. The molecule has 0 unspecified atom stereocenters.